The van der Waals surface area contributed by atoms with Crippen molar-refractivity contribution in [1.82, 2.24) is 15.2 Å². The van der Waals surface area contributed by atoms with Gasteiger partial charge in [0.05, 0.1) is 10.5 Å². The molecule has 2 heterocycles. The molecular formula is C15H17ClN4O4. The molecule has 0 aliphatic carbocycles. The van der Waals surface area contributed by atoms with Gasteiger partial charge >= 0.3 is 0 Å². The monoisotopic (exact) mass is 352 g/mol. The van der Waals surface area contributed by atoms with E-state index in [0.29, 0.717) is 30.5 Å². The third kappa shape index (κ3) is 3.24. The number of piperazine rings is 1. The molecule has 0 bridgehead atoms. The highest BCUT2D eigenvalue weighted by atomic mass is 35.5. The van der Waals surface area contributed by atoms with Crippen LogP contribution in [-0.4, -0.2) is 46.4 Å². The Bertz CT molecular complexity index is 851. The van der Waals surface area contributed by atoms with Crippen LogP contribution in [0.25, 0.3) is 10.9 Å². The van der Waals surface area contributed by atoms with Crippen LogP contribution < -0.4 is 10.9 Å². The fourth-order valence-electron chi connectivity index (χ4n) is 2.83. The molecule has 1 fully saturated rings. The Morgan fingerprint density at radius 1 is 1.38 bits per heavy atom. The first kappa shape index (κ1) is 17.9. The fraction of sp³-hybridized carbons (Fsp3) is 0.333. The molecule has 1 aromatic carbocycles. The molecule has 0 saturated carbocycles. The van der Waals surface area contributed by atoms with Gasteiger partial charge in [-0.2, -0.15) is 0 Å². The maximum absolute atomic E-state index is 12.8. The van der Waals surface area contributed by atoms with E-state index in [-0.39, 0.29) is 35.6 Å². The standard InChI is InChI=1S/C15H16N4O4.ClH/c1-9-8-16-4-5-18(9)15(21)12-7-14(20)17-13-3-2-10(19(22)23)6-11(12)13;/h2-3,6-7,9,16H,4-5,8H2,1H3,(H,17,20);1H/t9-;/m1./s1. The molecule has 2 N–H and O–H groups in total. The first-order valence-electron chi connectivity index (χ1n) is 7.30. The molecule has 1 aliphatic heterocycles. The Balaban J connectivity index is 0.00000208. The lowest BCUT2D eigenvalue weighted by Crippen LogP contribution is -2.52. The first-order chi connectivity index (χ1) is 11.0. The number of benzene rings is 1. The van der Waals surface area contributed by atoms with Crippen molar-refractivity contribution in [1.29, 1.82) is 0 Å². The van der Waals surface area contributed by atoms with Gasteiger partial charge in [0.2, 0.25) is 5.56 Å². The molecule has 8 nitrogen and oxygen atoms in total. The molecule has 1 aromatic heterocycles. The minimum atomic E-state index is -0.522. The van der Waals surface area contributed by atoms with Gasteiger partial charge in [-0.3, -0.25) is 19.7 Å². The van der Waals surface area contributed by atoms with Crippen molar-refractivity contribution in [3.8, 4) is 0 Å². The van der Waals surface area contributed by atoms with Crippen molar-refractivity contribution in [3.05, 3.63) is 50.3 Å². The van der Waals surface area contributed by atoms with Gasteiger partial charge in [0, 0.05) is 54.8 Å². The number of hydrogen-bond acceptors (Lipinski definition) is 5. The first-order valence-corrected chi connectivity index (χ1v) is 7.30. The van der Waals surface area contributed by atoms with Crippen molar-refractivity contribution in [2.24, 2.45) is 0 Å². The number of H-pyrrole nitrogens is 1. The molecule has 1 atom stereocenters. The highest BCUT2D eigenvalue weighted by molar-refractivity contribution is 6.06. The number of amides is 1. The van der Waals surface area contributed by atoms with E-state index in [2.05, 4.69) is 10.3 Å². The van der Waals surface area contributed by atoms with Crippen LogP contribution in [0, 0.1) is 10.1 Å². The smallest absolute Gasteiger partial charge is 0.270 e. The largest absolute Gasteiger partial charge is 0.333 e. The molecule has 128 valence electrons. The summed E-state index contributed by atoms with van der Waals surface area (Å²) in [5.41, 5.74) is 0.0832. The predicted molar refractivity (Wildman–Crippen MR) is 91.8 cm³/mol. The number of nitrogens with zero attached hydrogens (tertiary/aromatic N) is 2. The number of non-ortho nitro benzene ring substituents is 1. The van der Waals surface area contributed by atoms with Gasteiger partial charge in [-0.05, 0) is 13.0 Å². The average molecular weight is 353 g/mol. The second-order valence-electron chi connectivity index (χ2n) is 5.59. The minimum absolute atomic E-state index is 0. The van der Waals surface area contributed by atoms with E-state index in [1.165, 1.54) is 24.3 Å². The zero-order valence-corrected chi connectivity index (χ0v) is 13.8. The van der Waals surface area contributed by atoms with Crippen molar-refractivity contribution >= 4 is 34.9 Å². The van der Waals surface area contributed by atoms with Crippen LogP contribution in [0.1, 0.15) is 17.3 Å². The summed E-state index contributed by atoms with van der Waals surface area (Å²) in [6, 6.07) is 5.28. The van der Waals surface area contributed by atoms with Crippen LogP contribution in [0.5, 0.6) is 0 Å². The van der Waals surface area contributed by atoms with E-state index in [0.717, 1.165) is 0 Å². The number of pyridine rings is 1. The molecule has 1 saturated heterocycles. The lowest BCUT2D eigenvalue weighted by molar-refractivity contribution is -0.384. The second-order valence-corrected chi connectivity index (χ2v) is 5.59. The zero-order chi connectivity index (χ0) is 16.6. The van der Waals surface area contributed by atoms with Crippen LogP contribution >= 0.6 is 12.4 Å². The number of aromatic amines is 1. The van der Waals surface area contributed by atoms with Crippen LogP contribution in [0.3, 0.4) is 0 Å². The van der Waals surface area contributed by atoms with Gasteiger partial charge in [-0.1, -0.05) is 0 Å². The lowest BCUT2D eigenvalue weighted by atomic mass is 10.1. The van der Waals surface area contributed by atoms with Crippen molar-refractivity contribution < 1.29 is 9.72 Å². The summed E-state index contributed by atoms with van der Waals surface area (Å²) < 4.78 is 0. The molecule has 1 amide bonds. The number of halogens is 1. The third-order valence-corrected chi connectivity index (χ3v) is 4.03. The Labute approximate surface area is 143 Å². The number of nitrogens with one attached hydrogen (secondary N) is 2. The van der Waals surface area contributed by atoms with Crippen molar-refractivity contribution in [2.75, 3.05) is 19.6 Å². The number of rotatable bonds is 2. The Morgan fingerprint density at radius 3 is 2.79 bits per heavy atom. The molecule has 0 unspecified atom stereocenters. The maximum atomic E-state index is 12.8. The van der Waals surface area contributed by atoms with E-state index in [4.69, 9.17) is 0 Å². The van der Waals surface area contributed by atoms with E-state index < -0.39 is 10.5 Å². The molecular weight excluding hydrogens is 336 g/mol. The highest BCUT2D eigenvalue weighted by Crippen LogP contribution is 2.23. The van der Waals surface area contributed by atoms with Gasteiger partial charge in [0.25, 0.3) is 11.6 Å². The summed E-state index contributed by atoms with van der Waals surface area (Å²) in [6.45, 7) is 3.80. The molecule has 0 radical (unpaired) electrons. The van der Waals surface area contributed by atoms with E-state index in [9.17, 15) is 19.7 Å². The van der Waals surface area contributed by atoms with E-state index >= 15 is 0 Å². The Hall–Kier alpha value is -2.45. The van der Waals surface area contributed by atoms with Gasteiger partial charge < -0.3 is 15.2 Å². The topological polar surface area (TPSA) is 108 Å². The number of aromatic nitrogens is 1. The molecule has 24 heavy (non-hydrogen) atoms. The Kier molecular flexibility index (Phi) is 5.20. The number of carbonyl (C=O) groups is 1. The molecule has 3 rings (SSSR count). The van der Waals surface area contributed by atoms with E-state index in [1.54, 1.807) is 4.90 Å². The third-order valence-electron chi connectivity index (χ3n) is 4.03. The molecule has 0 spiro atoms. The average Bonchev–Trinajstić information content (AvgIpc) is 2.53. The minimum Gasteiger partial charge on any atom is -0.333 e. The van der Waals surface area contributed by atoms with E-state index in [1.807, 2.05) is 6.92 Å². The quantitative estimate of drug-likeness (QED) is 0.625. The highest BCUT2D eigenvalue weighted by Gasteiger charge is 2.26. The summed E-state index contributed by atoms with van der Waals surface area (Å²) >= 11 is 0. The molecule has 1 aliphatic rings. The maximum Gasteiger partial charge on any atom is 0.270 e. The normalized spacial score (nSPS) is 17.4. The van der Waals surface area contributed by atoms with Crippen LogP contribution in [0.2, 0.25) is 0 Å². The van der Waals surface area contributed by atoms with Crippen molar-refractivity contribution in [3.63, 3.8) is 0 Å². The van der Waals surface area contributed by atoms with Gasteiger partial charge in [0.15, 0.2) is 0 Å². The zero-order valence-electron chi connectivity index (χ0n) is 12.9. The number of nitro benzene ring substituents is 1. The van der Waals surface area contributed by atoms with Crippen LogP contribution in [0.4, 0.5) is 5.69 Å². The molecule has 9 heteroatoms. The fourth-order valence-corrected chi connectivity index (χ4v) is 2.83. The molecule has 2 aromatic rings. The summed E-state index contributed by atoms with van der Waals surface area (Å²) in [7, 11) is 0. The summed E-state index contributed by atoms with van der Waals surface area (Å²) in [4.78, 5) is 39.4. The summed E-state index contributed by atoms with van der Waals surface area (Å²) in [5, 5.41) is 14.6. The number of nitro groups is 1. The van der Waals surface area contributed by atoms with Crippen LogP contribution in [0.15, 0.2) is 29.1 Å². The number of hydrogen-bond donors (Lipinski definition) is 2. The van der Waals surface area contributed by atoms with Crippen molar-refractivity contribution in [2.45, 2.75) is 13.0 Å². The van der Waals surface area contributed by atoms with Gasteiger partial charge in [0.1, 0.15) is 0 Å². The second kappa shape index (κ2) is 6.98. The summed E-state index contributed by atoms with van der Waals surface area (Å²) in [6.07, 6.45) is 0. The lowest BCUT2D eigenvalue weighted by Gasteiger charge is -2.34. The van der Waals surface area contributed by atoms with Crippen LogP contribution in [-0.2, 0) is 0 Å². The Morgan fingerprint density at radius 2 is 2.12 bits per heavy atom. The number of fused-ring (bicyclic) bond motifs is 1. The van der Waals surface area contributed by atoms with Gasteiger partial charge in [-0.15, -0.1) is 12.4 Å². The number of carbonyl (C=O) groups excluding carboxylic acids is 1. The van der Waals surface area contributed by atoms with Gasteiger partial charge in [-0.25, -0.2) is 0 Å². The summed E-state index contributed by atoms with van der Waals surface area (Å²) in [5.74, 6) is -0.282. The predicted octanol–water partition coefficient (Wildman–Crippen LogP) is 1.29. The SMILES string of the molecule is C[C@@H]1CNCCN1C(=O)c1cc(=O)[nH]c2ccc([N+](=O)[O-])cc12.Cl.